The molecule has 4 nitrogen and oxygen atoms in total. The van der Waals surface area contributed by atoms with Crippen molar-refractivity contribution in [2.75, 3.05) is 26.2 Å². The molecular formula is C20H32N2O2. The molecule has 1 aliphatic carbocycles. The highest BCUT2D eigenvalue weighted by atomic mass is 16.3. The van der Waals surface area contributed by atoms with Crippen LogP contribution in [0.4, 0.5) is 0 Å². The molecule has 1 aromatic rings. The van der Waals surface area contributed by atoms with Crippen molar-refractivity contribution in [1.82, 2.24) is 9.80 Å². The minimum Gasteiger partial charge on any atom is -0.483 e. The highest BCUT2D eigenvalue weighted by Gasteiger charge is 2.35. The minimum absolute atomic E-state index is 0.250. The summed E-state index contributed by atoms with van der Waals surface area (Å²) in [6.45, 7) is 12.9. The standard InChI is InChI=1S/C19H30N2.CH2O2/c1-16-5-4-6-17(13-16)15-20-9-11-21(12-10-20)18-7-8-19(2,3)14-18;2-1-3/h4-6,13,18H,7-12,14-15H2,1-3H3;1H,(H,2,3). The summed E-state index contributed by atoms with van der Waals surface area (Å²) in [5.41, 5.74) is 3.41. The van der Waals surface area contributed by atoms with Crippen LogP contribution in [0.2, 0.25) is 0 Å². The average Bonchev–Trinajstić information content (AvgIpc) is 2.89. The van der Waals surface area contributed by atoms with Crippen molar-refractivity contribution in [1.29, 1.82) is 0 Å². The van der Waals surface area contributed by atoms with Gasteiger partial charge in [0.25, 0.3) is 6.47 Å². The summed E-state index contributed by atoms with van der Waals surface area (Å²) in [6, 6.07) is 9.80. The lowest BCUT2D eigenvalue weighted by atomic mass is 9.91. The van der Waals surface area contributed by atoms with E-state index in [-0.39, 0.29) is 6.47 Å². The first kappa shape index (κ1) is 18.9. The number of carbonyl (C=O) groups is 1. The quantitative estimate of drug-likeness (QED) is 0.862. The molecule has 1 heterocycles. The predicted molar refractivity (Wildman–Crippen MR) is 98.1 cm³/mol. The predicted octanol–water partition coefficient (Wildman–Crippen LogP) is 3.39. The first-order chi connectivity index (χ1) is 11.4. The molecule has 4 heteroatoms. The Morgan fingerprint density at radius 1 is 1.25 bits per heavy atom. The van der Waals surface area contributed by atoms with Crippen molar-refractivity contribution in [2.24, 2.45) is 5.41 Å². The third-order valence-electron chi connectivity index (χ3n) is 5.35. The van der Waals surface area contributed by atoms with E-state index in [9.17, 15) is 0 Å². The monoisotopic (exact) mass is 332 g/mol. The van der Waals surface area contributed by atoms with Crippen LogP contribution in [-0.4, -0.2) is 53.6 Å². The molecule has 1 saturated heterocycles. The van der Waals surface area contributed by atoms with Crippen LogP contribution in [0.25, 0.3) is 0 Å². The van der Waals surface area contributed by atoms with Gasteiger partial charge in [-0.25, -0.2) is 0 Å². The van der Waals surface area contributed by atoms with Gasteiger partial charge in [-0.2, -0.15) is 0 Å². The second-order valence-electron chi connectivity index (χ2n) is 7.97. The third kappa shape index (κ3) is 5.60. The Hall–Kier alpha value is -1.39. The number of benzene rings is 1. The summed E-state index contributed by atoms with van der Waals surface area (Å²) >= 11 is 0. The van der Waals surface area contributed by atoms with Crippen LogP contribution in [0.5, 0.6) is 0 Å². The first-order valence-electron chi connectivity index (χ1n) is 9.03. The topological polar surface area (TPSA) is 43.8 Å². The van der Waals surface area contributed by atoms with Gasteiger partial charge in [-0.3, -0.25) is 14.6 Å². The molecule has 3 rings (SSSR count). The van der Waals surface area contributed by atoms with Gasteiger partial charge >= 0.3 is 0 Å². The Bertz CT molecular complexity index is 522. The largest absolute Gasteiger partial charge is 0.483 e. The summed E-state index contributed by atoms with van der Waals surface area (Å²) in [5.74, 6) is 0. The lowest BCUT2D eigenvalue weighted by Gasteiger charge is -2.38. The maximum Gasteiger partial charge on any atom is 0.290 e. The number of hydrogen-bond acceptors (Lipinski definition) is 3. The fourth-order valence-electron chi connectivity index (χ4n) is 4.07. The fraction of sp³-hybridized carbons (Fsp3) is 0.650. The number of aryl methyl sites for hydroxylation is 1. The molecule has 0 amide bonds. The van der Waals surface area contributed by atoms with E-state index < -0.39 is 0 Å². The SMILES string of the molecule is Cc1cccc(CN2CCN(C3CCC(C)(C)C3)CC2)c1.O=CO. The Morgan fingerprint density at radius 3 is 2.46 bits per heavy atom. The van der Waals surface area contributed by atoms with Crippen molar-refractivity contribution in [3.05, 3.63) is 35.4 Å². The van der Waals surface area contributed by atoms with Crippen molar-refractivity contribution < 1.29 is 9.90 Å². The van der Waals surface area contributed by atoms with E-state index in [0.717, 1.165) is 12.6 Å². The van der Waals surface area contributed by atoms with Crippen LogP contribution in [0, 0.1) is 12.3 Å². The van der Waals surface area contributed by atoms with E-state index in [1.165, 1.54) is 56.6 Å². The van der Waals surface area contributed by atoms with Gasteiger partial charge in [0.05, 0.1) is 0 Å². The molecule has 1 aliphatic heterocycles. The van der Waals surface area contributed by atoms with Gasteiger partial charge in [0.15, 0.2) is 0 Å². The summed E-state index contributed by atoms with van der Waals surface area (Å²) in [7, 11) is 0. The van der Waals surface area contributed by atoms with Crippen LogP contribution in [0.15, 0.2) is 24.3 Å². The summed E-state index contributed by atoms with van der Waals surface area (Å²) in [6.07, 6.45) is 4.21. The maximum atomic E-state index is 8.36. The smallest absolute Gasteiger partial charge is 0.290 e. The zero-order chi connectivity index (χ0) is 17.6. The van der Waals surface area contributed by atoms with Crippen LogP contribution in [-0.2, 0) is 11.3 Å². The Balaban J connectivity index is 0.000000647. The van der Waals surface area contributed by atoms with Crippen LogP contribution >= 0.6 is 0 Å². The second-order valence-corrected chi connectivity index (χ2v) is 7.97. The third-order valence-corrected chi connectivity index (χ3v) is 5.35. The lowest BCUT2D eigenvalue weighted by Crippen LogP contribution is -2.49. The van der Waals surface area contributed by atoms with Gasteiger partial charge in [-0.1, -0.05) is 43.7 Å². The maximum absolute atomic E-state index is 8.36. The fourth-order valence-corrected chi connectivity index (χ4v) is 4.07. The Morgan fingerprint density at radius 2 is 1.92 bits per heavy atom. The van der Waals surface area contributed by atoms with Gasteiger partial charge in [-0.15, -0.1) is 0 Å². The number of piperazine rings is 1. The van der Waals surface area contributed by atoms with Crippen LogP contribution in [0.1, 0.15) is 44.2 Å². The molecule has 2 fully saturated rings. The molecule has 1 N–H and O–H groups in total. The molecule has 24 heavy (non-hydrogen) atoms. The van der Waals surface area contributed by atoms with E-state index in [0.29, 0.717) is 5.41 Å². The van der Waals surface area contributed by atoms with E-state index in [4.69, 9.17) is 9.90 Å². The number of nitrogens with zero attached hydrogens (tertiary/aromatic N) is 2. The van der Waals surface area contributed by atoms with Gasteiger partial charge in [-0.05, 0) is 37.2 Å². The molecule has 0 bridgehead atoms. The molecule has 1 unspecified atom stereocenters. The van der Waals surface area contributed by atoms with Crippen molar-refractivity contribution >= 4 is 6.47 Å². The molecule has 0 spiro atoms. The first-order valence-corrected chi connectivity index (χ1v) is 9.03. The van der Waals surface area contributed by atoms with Crippen molar-refractivity contribution in [2.45, 2.75) is 52.6 Å². The van der Waals surface area contributed by atoms with Gasteiger partial charge in [0.1, 0.15) is 0 Å². The molecule has 0 aromatic heterocycles. The second kappa shape index (κ2) is 8.63. The molecule has 134 valence electrons. The van der Waals surface area contributed by atoms with Gasteiger partial charge < -0.3 is 5.11 Å². The average molecular weight is 332 g/mol. The van der Waals surface area contributed by atoms with Crippen LogP contribution in [0.3, 0.4) is 0 Å². The Kier molecular flexibility index (Phi) is 6.81. The molecule has 0 radical (unpaired) electrons. The number of carboxylic acid groups (broad SMARTS) is 1. The van der Waals surface area contributed by atoms with Crippen molar-refractivity contribution in [3.63, 3.8) is 0 Å². The zero-order valence-electron chi connectivity index (χ0n) is 15.4. The Labute approximate surface area is 146 Å². The highest BCUT2D eigenvalue weighted by molar-refractivity contribution is 5.32. The van der Waals surface area contributed by atoms with E-state index >= 15 is 0 Å². The normalized spacial score (nSPS) is 24.2. The minimum atomic E-state index is -0.250. The molecule has 1 atom stereocenters. The summed E-state index contributed by atoms with van der Waals surface area (Å²) < 4.78 is 0. The summed E-state index contributed by atoms with van der Waals surface area (Å²) in [5, 5.41) is 6.89. The van der Waals surface area contributed by atoms with Gasteiger partial charge in [0.2, 0.25) is 0 Å². The molecule has 1 saturated carbocycles. The van der Waals surface area contributed by atoms with E-state index in [2.05, 4.69) is 54.8 Å². The van der Waals surface area contributed by atoms with Crippen LogP contribution < -0.4 is 0 Å². The lowest BCUT2D eigenvalue weighted by molar-refractivity contribution is -0.122. The van der Waals surface area contributed by atoms with Crippen molar-refractivity contribution in [3.8, 4) is 0 Å². The molecular weight excluding hydrogens is 300 g/mol. The van der Waals surface area contributed by atoms with Gasteiger partial charge in [0, 0.05) is 38.8 Å². The molecule has 2 aliphatic rings. The van der Waals surface area contributed by atoms with E-state index in [1.54, 1.807) is 0 Å². The molecule has 1 aromatic carbocycles. The van der Waals surface area contributed by atoms with E-state index in [1.807, 2.05) is 0 Å². The zero-order valence-corrected chi connectivity index (χ0v) is 15.4. The highest BCUT2D eigenvalue weighted by Crippen LogP contribution is 2.39. The number of hydrogen-bond donors (Lipinski definition) is 1. The number of rotatable bonds is 3. The summed E-state index contributed by atoms with van der Waals surface area (Å²) in [4.78, 5) is 13.7.